The Balaban J connectivity index is 1.68. The first-order chi connectivity index (χ1) is 12.3. The van der Waals surface area contributed by atoms with E-state index in [1.54, 1.807) is 6.92 Å². The summed E-state index contributed by atoms with van der Waals surface area (Å²) in [6.45, 7) is 2.05. The lowest BCUT2D eigenvalue weighted by Gasteiger charge is -2.06. The maximum absolute atomic E-state index is 11.3. The summed E-state index contributed by atoms with van der Waals surface area (Å²) in [6.07, 6.45) is 5.92. The van der Waals surface area contributed by atoms with Crippen molar-refractivity contribution in [2.45, 2.75) is 6.92 Å². The van der Waals surface area contributed by atoms with Crippen LogP contribution in [0.2, 0.25) is 0 Å². The number of fused-ring (bicyclic) bond motifs is 1. The van der Waals surface area contributed by atoms with Crippen LogP contribution in [0.25, 0.3) is 23.1 Å². The van der Waals surface area contributed by atoms with E-state index in [0.717, 1.165) is 22.0 Å². The number of nitrogens with zero attached hydrogens (tertiary/aromatic N) is 1. The minimum absolute atomic E-state index is 0.0774. The molecule has 0 saturated carbocycles. The van der Waals surface area contributed by atoms with Crippen molar-refractivity contribution >= 4 is 29.0 Å². The van der Waals surface area contributed by atoms with Gasteiger partial charge in [-0.15, -0.1) is 0 Å². The average Bonchev–Trinajstić information content (AvgIpc) is 2.66. The second-order valence-electron chi connectivity index (χ2n) is 5.41. The van der Waals surface area contributed by atoms with Crippen LogP contribution in [0.3, 0.4) is 0 Å². The number of rotatable bonds is 6. The lowest BCUT2D eigenvalue weighted by atomic mass is 10.1. The third-order valence-corrected chi connectivity index (χ3v) is 3.68. The zero-order valence-electron chi connectivity index (χ0n) is 14.0. The summed E-state index contributed by atoms with van der Waals surface area (Å²) < 4.78 is 10.2. The minimum atomic E-state index is -0.365. The van der Waals surface area contributed by atoms with Crippen molar-refractivity contribution in [2.24, 2.45) is 0 Å². The maximum Gasteiger partial charge on any atom is 0.344 e. The molecule has 0 atom stereocenters. The zero-order chi connectivity index (χ0) is 17.5. The van der Waals surface area contributed by atoms with E-state index in [4.69, 9.17) is 9.47 Å². The normalized spacial score (nSPS) is 10.9. The Morgan fingerprint density at radius 3 is 2.64 bits per heavy atom. The van der Waals surface area contributed by atoms with E-state index < -0.39 is 0 Å². The van der Waals surface area contributed by atoms with Gasteiger partial charge in [0.25, 0.3) is 0 Å². The molecule has 4 nitrogen and oxygen atoms in total. The van der Waals surface area contributed by atoms with Gasteiger partial charge in [0.2, 0.25) is 0 Å². The Bertz CT molecular complexity index is 880. The lowest BCUT2D eigenvalue weighted by molar-refractivity contribution is -0.145. The Morgan fingerprint density at radius 1 is 1.04 bits per heavy atom. The van der Waals surface area contributed by atoms with Crippen molar-refractivity contribution in [1.29, 1.82) is 0 Å². The highest BCUT2D eigenvalue weighted by Gasteiger charge is 2.02. The van der Waals surface area contributed by atoms with Crippen LogP contribution in [0.15, 0.2) is 60.8 Å². The second kappa shape index (κ2) is 8.11. The summed E-state index contributed by atoms with van der Waals surface area (Å²) in [7, 11) is 0. The molecule has 0 radical (unpaired) electrons. The predicted molar refractivity (Wildman–Crippen MR) is 99.2 cm³/mol. The van der Waals surface area contributed by atoms with Crippen LogP contribution >= 0.6 is 0 Å². The topological polar surface area (TPSA) is 48.4 Å². The molecule has 3 rings (SSSR count). The van der Waals surface area contributed by atoms with Crippen molar-refractivity contribution in [1.82, 2.24) is 4.98 Å². The molecule has 3 aromatic rings. The van der Waals surface area contributed by atoms with E-state index in [2.05, 4.69) is 17.1 Å². The number of hydrogen-bond donors (Lipinski definition) is 0. The molecule has 0 bridgehead atoms. The molecule has 0 amide bonds. The average molecular weight is 333 g/mol. The third kappa shape index (κ3) is 4.44. The van der Waals surface area contributed by atoms with Gasteiger partial charge >= 0.3 is 5.97 Å². The Kier molecular flexibility index (Phi) is 5.42. The number of hydrogen-bond acceptors (Lipinski definition) is 4. The summed E-state index contributed by atoms with van der Waals surface area (Å²) in [4.78, 5) is 15.7. The Morgan fingerprint density at radius 2 is 1.84 bits per heavy atom. The highest BCUT2D eigenvalue weighted by molar-refractivity contribution is 5.90. The molecule has 0 aliphatic rings. The lowest BCUT2D eigenvalue weighted by Crippen LogP contribution is -2.14. The molecule has 0 N–H and O–H groups in total. The van der Waals surface area contributed by atoms with Gasteiger partial charge in [-0.1, -0.05) is 42.5 Å². The van der Waals surface area contributed by atoms with E-state index in [0.29, 0.717) is 12.4 Å². The summed E-state index contributed by atoms with van der Waals surface area (Å²) in [5, 5.41) is 1.12. The largest absolute Gasteiger partial charge is 0.482 e. The van der Waals surface area contributed by atoms with Crippen molar-refractivity contribution in [2.75, 3.05) is 13.2 Å². The minimum Gasteiger partial charge on any atom is -0.482 e. The fourth-order valence-corrected chi connectivity index (χ4v) is 2.47. The van der Waals surface area contributed by atoms with E-state index in [1.165, 1.54) is 0 Å². The number of pyridine rings is 1. The van der Waals surface area contributed by atoms with Crippen molar-refractivity contribution in [3.63, 3.8) is 0 Å². The van der Waals surface area contributed by atoms with Crippen LogP contribution in [0.4, 0.5) is 0 Å². The fraction of sp³-hybridized carbons (Fsp3) is 0.143. The van der Waals surface area contributed by atoms with Gasteiger partial charge in [-0.2, -0.15) is 0 Å². The van der Waals surface area contributed by atoms with Crippen LogP contribution < -0.4 is 4.74 Å². The van der Waals surface area contributed by atoms with Gasteiger partial charge in [0.15, 0.2) is 6.61 Å². The predicted octanol–water partition coefficient (Wildman–Crippen LogP) is 4.35. The SMILES string of the molecule is CCOC(=O)COc1ccc(C=Cc2ccnc3ccccc23)cc1. The van der Waals surface area contributed by atoms with Crippen LogP contribution in [-0.4, -0.2) is 24.2 Å². The maximum atomic E-state index is 11.3. The molecule has 0 spiro atoms. The molecule has 1 heterocycles. The van der Waals surface area contributed by atoms with E-state index in [9.17, 15) is 4.79 Å². The molecule has 2 aromatic carbocycles. The monoisotopic (exact) mass is 333 g/mol. The van der Waals surface area contributed by atoms with Gasteiger partial charge in [0, 0.05) is 11.6 Å². The molecule has 25 heavy (non-hydrogen) atoms. The quantitative estimate of drug-likeness (QED) is 0.629. The molecule has 0 saturated heterocycles. The smallest absolute Gasteiger partial charge is 0.344 e. The zero-order valence-corrected chi connectivity index (χ0v) is 14.0. The van der Waals surface area contributed by atoms with Crippen LogP contribution in [0.5, 0.6) is 5.75 Å². The number of carbonyl (C=O) groups is 1. The number of carbonyl (C=O) groups excluding carboxylic acids is 1. The molecule has 126 valence electrons. The van der Waals surface area contributed by atoms with Gasteiger partial charge < -0.3 is 9.47 Å². The van der Waals surface area contributed by atoms with Gasteiger partial charge in [-0.3, -0.25) is 4.98 Å². The molecule has 0 aliphatic heterocycles. The number of para-hydroxylation sites is 1. The molecular formula is C21H19NO3. The highest BCUT2D eigenvalue weighted by atomic mass is 16.6. The molecular weight excluding hydrogens is 314 g/mol. The molecule has 1 aromatic heterocycles. The molecule has 0 fully saturated rings. The fourth-order valence-electron chi connectivity index (χ4n) is 2.47. The van der Waals surface area contributed by atoms with Gasteiger partial charge in [-0.25, -0.2) is 4.79 Å². The number of aromatic nitrogens is 1. The van der Waals surface area contributed by atoms with Crippen LogP contribution in [0.1, 0.15) is 18.1 Å². The standard InChI is InChI=1S/C21H19NO3/c1-2-24-21(23)15-25-18-11-8-16(9-12-18)7-10-17-13-14-22-20-6-4-3-5-19(17)20/h3-14H,2,15H2,1H3. The third-order valence-electron chi connectivity index (χ3n) is 3.68. The van der Waals surface area contributed by atoms with E-state index in [1.807, 2.05) is 60.8 Å². The Labute approximate surface area is 146 Å². The number of benzene rings is 2. The van der Waals surface area contributed by atoms with E-state index >= 15 is 0 Å². The summed E-state index contributed by atoms with van der Waals surface area (Å²) in [5.41, 5.74) is 3.14. The van der Waals surface area contributed by atoms with E-state index in [-0.39, 0.29) is 12.6 Å². The van der Waals surface area contributed by atoms with Crippen LogP contribution in [0, 0.1) is 0 Å². The molecule has 0 aliphatic carbocycles. The summed E-state index contributed by atoms with van der Waals surface area (Å²) in [5.74, 6) is 0.274. The van der Waals surface area contributed by atoms with Gasteiger partial charge in [0.1, 0.15) is 5.75 Å². The first-order valence-corrected chi connectivity index (χ1v) is 8.16. The number of ether oxygens (including phenoxy) is 2. The van der Waals surface area contributed by atoms with Crippen molar-refractivity contribution in [3.05, 3.63) is 71.9 Å². The first-order valence-electron chi connectivity index (χ1n) is 8.16. The van der Waals surface area contributed by atoms with Crippen molar-refractivity contribution in [3.8, 4) is 5.75 Å². The first kappa shape index (κ1) is 16.7. The second-order valence-corrected chi connectivity index (χ2v) is 5.41. The molecule has 0 unspecified atom stereocenters. The highest BCUT2D eigenvalue weighted by Crippen LogP contribution is 2.19. The van der Waals surface area contributed by atoms with Crippen molar-refractivity contribution < 1.29 is 14.3 Å². The van der Waals surface area contributed by atoms with Gasteiger partial charge in [-0.05, 0) is 42.3 Å². The molecule has 4 heteroatoms. The van der Waals surface area contributed by atoms with Gasteiger partial charge in [0.05, 0.1) is 12.1 Å². The summed E-state index contributed by atoms with van der Waals surface area (Å²) >= 11 is 0. The van der Waals surface area contributed by atoms with Crippen LogP contribution in [-0.2, 0) is 9.53 Å². The number of esters is 1. The Hall–Kier alpha value is -3.14. The summed E-state index contributed by atoms with van der Waals surface area (Å²) in [6, 6.07) is 17.6.